The molecule has 0 fully saturated rings. The number of carbonyl (C=O) groups excluding carboxylic acids is 1. The topological polar surface area (TPSA) is 17.1 Å². The summed E-state index contributed by atoms with van der Waals surface area (Å²) < 4.78 is 0. The van der Waals surface area contributed by atoms with Crippen LogP contribution in [0.1, 0.15) is 20.8 Å². The van der Waals surface area contributed by atoms with E-state index in [0.717, 1.165) is 11.9 Å². The Morgan fingerprint density at radius 1 is 1.50 bits per heavy atom. The van der Waals surface area contributed by atoms with Gasteiger partial charge in [0.15, 0.2) is 0 Å². The smallest absolute Gasteiger partial charge is 0.145 e. The van der Waals surface area contributed by atoms with E-state index >= 15 is 0 Å². The third-order valence-electron chi connectivity index (χ3n) is 0.782. The molecule has 0 aliphatic heterocycles. The number of rotatable bonds is 2. The Balaban J connectivity index is 3.74. The van der Waals surface area contributed by atoms with Crippen LogP contribution in [0.2, 0.25) is 0 Å². The molecule has 8 heavy (non-hydrogen) atoms. The zero-order valence-electron chi connectivity index (χ0n) is 5.64. The maximum absolute atomic E-state index is 9.97. The SMILES string of the molecule is C/C(C=O)=C/C(C)C. The lowest BCUT2D eigenvalue weighted by atomic mass is 10.1. The molecule has 46 valence electrons. The van der Waals surface area contributed by atoms with Gasteiger partial charge in [-0.2, -0.15) is 0 Å². The molecule has 1 nitrogen and oxygen atoms in total. The summed E-state index contributed by atoms with van der Waals surface area (Å²) in [4.78, 5) is 9.97. The highest BCUT2D eigenvalue weighted by atomic mass is 16.1. The molecule has 0 rings (SSSR count). The van der Waals surface area contributed by atoms with Crippen LogP contribution in [0.25, 0.3) is 0 Å². The Bertz CT molecular complexity index is 101. The predicted molar refractivity (Wildman–Crippen MR) is 34.7 cm³/mol. The Morgan fingerprint density at radius 2 is 2.00 bits per heavy atom. The highest BCUT2D eigenvalue weighted by Gasteiger charge is 1.86. The lowest BCUT2D eigenvalue weighted by Gasteiger charge is -1.92. The second-order valence-corrected chi connectivity index (χ2v) is 2.27. The van der Waals surface area contributed by atoms with Gasteiger partial charge in [0.1, 0.15) is 6.29 Å². The number of carbonyl (C=O) groups is 1. The molecule has 0 bridgehead atoms. The zero-order chi connectivity index (χ0) is 6.57. The fraction of sp³-hybridized carbons (Fsp3) is 0.571. The van der Waals surface area contributed by atoms with E-state index in [1.807, 2.05) is 26.8 Å². The first kappa shape index (κ1) is 7.41. The van der Waals surface area contributed by atoms with Gasteiger partial charge >= 0.3 is 0 Å². The molecule has 0 spiro atoms. The maximum Gasteiger partial charge on any atom is 0.145 e. The fourth-order valence-corrected chi connectivity index (χ4v) is 0.565. The second kappa shape index (κ2) is 3.42. The Kier molecular flexibility index (Phi) is 3.16. The summed E-state index contributed by atoms with van der Waals surface area (Å²) in [5.74, 6) is 0.486. The molecule has 0 atom stereocenters. The lowest BCUT2D eigenvalue weighted by molar-refractivity contribution is -0.104. The van der Waals surface area contributed by atoms with E-state index in [1.54, 1.807) is 0 Å². The van der Waals surface area contributed by atoms with Crippen molar-refractivity contribution >= 4 is 6.29 Å². The van der Waals surface area contributed by atoms with Crippen LogP contribution in [0, 0.1) is 5.92 Å². The van der Waals surface area contributed by atoms with Crippen molar-refractivity contribution in [2.75, 3.05) is 0 Å². The van der Waals surface area contributed by atoms with Gasteiger partial charge in [-0.3, -0.25) is 4.79 Å². The molecule has 1 heteroatoms. The monoisotopic (exact) mass is 112 g/mol. The van der Waals surface area contributed by atoms with Gasteiger partial charge < -0.3 is 0 Å². The molecule has 0 N–H and O–H groups in total. The molecule has 0 heterocycles. The van der Waals surface area contributed by atoms with E-state index in [0.29, 0.717) is 5.92 Å². The van der Waals surface area contributed by atoms with Crippen molar-refractivity contribution < 1.29 is 4.79 Å². The average Bonchev–Trinajstić information content (AvgIpc) is 1.65. The minimum absolute atomic E-state index is 0.486. The van der Waals surface area contributed by atoms with E-state index in [1.165, 1.54) is 0 Å². The van der Waals surface area contributed by atoms with Crippen molar-refractivity contribution in [3.8, 4) is 0 Å². The number of hydrogen-bond acceptors (Lipinski definition) is 1. The van der Waals surface area contributed by atoms with Crippen molar-refractivity contribution in [1.82, 2.24) is 0 Å². The summed E-state index contributed by atoms with van der Waals surface area (Å²) in [6.07, 6.45) is 2.81. The predicted octanol–water partition coefficient (Wildman–Crippen LogP) is 1.79. The summed E-state index contributed by atoms with van der Waals surface area (Å²) in [5.41, 5.74) is 0.819. The van der Waals surface area contributed by atoms with Gasteiger partial charge in [-0.05, 0) is 18.4 Å². The number of allylic oxidation sites excluding steroid dienone is 2. The van der Waals surface area contributed by atoms with Crippen molar-refractivity contribution in [2.45, 2.75) is 20.8 Å². The minimum Gasteiger partial charge on any atom is -0.298 e. The van der Waals surface area contributed by atoms with Crippen molar-refractivity contribution in [3.63, 3.8) is 0 Å². The molecule has 0 aromatic rings. The molecule has 0 saturated heterocycles. The molecular weight excluding hydrogens is 100 g/mol. The Morgan fingerprint density at radius 3 is 2.12 bits per heavy atom. The Hall–Kier alpha value is -0.590. The zero-order valence-corrected chi connectivity index (χ0v) is 5.64. The number of aldehydes is 1. The van der Waals surface area contributed by atoms with Gasteiger partial charge in [0.2, 0.25) is 0 Å². The molecule has 0 aromatic carbocycles. The lowest BCUT2D eigenvalue weighted by Crippen LogP contribution is -1.82. The molecule has 0 aliphatic rings. The largest absolute Gasteiger partial charge is 0.298 e. The summed E-state index contributed by atoms with van der Waals surface area (Å²) in [5, 5.41) is 0. The third-order valence-corrected chi connectivity index (χ3v) is 0.782. The molecule has 0 radical (unpaired) electrons. The van der Waals surface area contributed by atoms with Crippen LogP contribution in [-0.2, 0) is 4.79 Å². The van der Waals surface area contributed by atoms with Crippen molar-refractivity contribution in [1.29, 1.82) is 0 Å². The molecular formula is C7H12O. The van der Waals surface area contributed by atoms with Crippen LogP contribution in [0.5, 0.6) is 0 Å². The van der Waals surface area contributed by atoms with E-state index in [9.17, 15) is 4.79 Å². The first-order valence-electron chi connectivity index (χ1n) is 2.80. The molecule has 0 saturated carbocycles. The van der Waals surface area contributed by atoms with E-state index in [-0.39, 0.29) is 0 Å². The number of hydrogen-bond donors (Lipinski definition) is 0. The van der Waals surface area contributed by atoms with Crippen molar-refractivity contribution in [2.24, 2.45) is 5.92 Å². The van der Waals surface area contributed by atoms with Gasteiger partial charge in [0, 0.05) is 0 Å². The van der Waals surface area contributed by atoms with Gasteiger partial charge in [0.05, 0.1) is 0 Å². The molecule has 0 unspecified atom stereocenters. The summed E-state index contributed by atoms with van der Waals surface area (Å²) >= 11 is 0. The van der Waals surface area contributed by atoms with Crippen LogP contribution in [0.3, 0.4) is 0 Å². The molecule has 0 aliphatic carbocycles. The fourth-order valence-electron chi connectivity index (χ4n) is 0.565. The summed E-state index contributed by atoms with van der Waals surface area (Å²) in [7, 11) is 0. The van der Waals surface area contributed by atoms with E-state index < -0.39 is 0 Å². The highest BCUT2D eigenvalue weighted by Crippen LogP contribution is 1.97. The van der Waals surface area contributed by atoms with Crippen LogP contribution >= 0.6 is 0 Å². The second-order valence-electron chi connectivity index (χ2n) is 2.27. The average molecular weight is 112 g/mol. The molecule has 0 amide bonds. The van der Waals surface area contributed by atoms with Gasteiger partial charge in [-0.25, -0.2) is 0 Å². The van der Waals surface area contributed by atoms with Crippen LogP contribution < -0.4 is 0 Å². The van der Waals surface area contributed by atoms with E-state index in [2.05, 4.69) is 0 Å². The third kappa shape index (κ3) is 3.59. The van der Waals surface area contributed by atoms with Crippen LogP contribution in [0.15, 0.2) is 11.6 Å². The van der Waals surface area contributed by atoms with E-state index in [4.69, 9.17) is 0 Å². The molecule has 0 aromatic heterocycles. The van der Waals surface area contributed by atoms with Gasteiger partial charge in [-0.15, -0.1) is 0 Å². The van der Waals surface area contributed by atoms with Gasteiger partial charge in [-0.1, -0.05) is 19.9 Å². The normalized spacial score (nSPS) is 12.2. The first-order chi connectivity index (χ1) is 3.66. The van der Waals surface area contributed by atoms with Crippen LogP contribution in [-0.4, -0.2) is 6.29 Å². The highest BCUT2D eigenvalue weighted by molar-refractivity contribution is 5.71. The van der Waals surface area contributed by atoms with Gasteiger partial charge in [0.25, 0.3) is 0 Å². The maximum atomic E-state index is 9.97. The first-order valence-corrected chi connectivity index (χ1v) is 2.80. The van der Waals surface area contributed by atoms with Crippen molar-refractivity contribution in [3.05, 3.63) is 11.6 Å². The minimum atomic E-state index is 0.486. The summed E-state index contributed by atoms with van der Waals surface area (Å²) in [6.45, 7) is 5.91. The summed E-state index contributed by atoms with van der Waals surface area (Å²) in [6, 6.07) is 0. The Labute approximate surface area is 50.4 Å². The van der Waals surface area contributed by atoms with Crippen LogP contribution in [0.4, 0.5) is 0 Å². The quantitative estimate of drug-likeness (QED) is 0.393. The standard InChI is InChI=1S/C7H12O/c1-6(2)4-7(3)5-8/h4-6H,1-3H3/b7-4-.